The SMILES string of the molecule is CC(C)NC(CO)(CN(C)CC1CC1C)C1CC1. The first-order chi connectivity index (χ1) is 8.47. The van der Waals surface area contributed by atoms with Gasteiger partial charge in [-0.25, -0.2) is 0 Å². The molecule has 0 aromatic heterocycles. The molecule has 0 spiro atoms. The Morgan fingerprint density at radius 3 is 2.39 bits per heavy atom. The van der Waals surface area contributed by atoms with Crippen LogP contribution in [0.15, 0.2) is 0 Å². The first-order valence-corrected chi connectivity index (χ1v) is 7.54. The molecule has 3 nitrogen and oxygen atoms in total. The topological polar surface area (TPSA) is 35.5 Å². The van der Waals surface area contributed by atoms with Gasteiger partial charge in [-0.2, -0.15) is 0 Å². The molecule has 0 radical (unpaired) electrons. The number of nitrogens with zero attached hydrogens (tertiary/aromatic N) is 1. The number of aliphatic hydroxyl groups is 1. The second-order valence-corrected chi connectivity index (χ2v) is 7.06. The minimum Gasteiger partial charge on any atom is -0.394 e. The maximum Gasteiger partial charge on any atom is 0.0628 e. The number of likely N-dealkylation sites (N-methyl/N-ethyl adjacent to an activating group) is 1. The standard InChI is InChI=1S/C15H30N2O/c1-11(2)16-15(10-18,14-5-6-14)9-17(4)8-13-7-12(13)3/h11-14,16,18H,5-10H2,1-4H3. The normalized spacial score (nSPS) is 30.8. The maximum atomic E-state index is 9.90. The molecule has 0 aromatic rings. The lowest BCUT2D eigenvalue weighted by Gasteiger charge is -2.39. The van der Waals surface area contributed by atoms with E-state index in [-0.39, 0.29) is 12.1 Å². The van der Waals surface area contributed by atoms with Crippen molar-refractivity contribution in [3.8, 4) is 0 Å². The average molecular weight is 254 g/mol. The van der Waals surface area contributed by atoms with Crippen molar-refractivity contribution in [1.82, 2.24) is 10.2 Å². The molecule has 3 heteroatoms. The fraction of sp³-hybridized carbons (Fsp3) is 1.00. The van der Waals surface area contributed by atoms with Crippen molar-refractivity contribution in [2.45, 2.75) is 51.6 Å². The highest BCUT2D eigenvalue weighted by atomic mass is 16.3. The molecule has 3 atom stereocenters. The smallest absolute Gasteiger partial charge is 0.0628 e. The molecule has 2 aliphatic carbocycles. The zero-order chi connectivity index (χ0) is 13.3. The second-order valence-electron chi connectivity index (χ2n) is 7.06. The summed E-state index contributed by atoms with van der Waals surface area (Å²) < 4.78 is 0. The number of nitrogens with one attached hydrogen (secondary N) is 1. The predicted octanol–water partition coefficient (Wildman–Crippen LogP) is 1.71. The highest BCUT2D eigenvalue weighted by Crippen LogP contribution is 2.42. The molecule has 2 rings (SSSR count). The van der Waals surface area contributed by atoms with Crippen LogP contribution in [0.4, 0.5) is 0 Å². The minimum absolute atomic E-state index is 0.0684. The van der Waals surface area contributed by atoms with Gasteiger partial charge in [0, 0.05) is 19.1 Å². The van der Waals surface area contributed by atoms with Crippen molar-refractivity contribution in [3.05, 3.63) is 0 Å². The monoisotopic (exact) mass is 254 g/mol. The van der Waals surface area contributed by atoms with Crippen molar-refractivity contribution in [2.24, 2.45) is 17.8 Å². The molecule has 0 aliphatic heterocycles. The van der Waals surface area contributed by atoms with Crippen LogP contribution < -0.4 is 5.32 Å². The van der Waals surface area contributed by atoms with E-state index in [4.69, 9.17) is 0 Å². The average Bonchev–Trinajstić information content (AvgIpc) is 3.14. The molecule has 106 valence electrons. The second kappa shape index (κ2) is 5.48. The van der Waals surface area contributed by atoms with Gasteiger partial charge >= 0.3 is 0 Å². The summed E-state index contributed by atoms with van der Waals surface area (Å²) >= 11 is 0. The van der Waals surface area contributed by atoms with E-state index in [2.05, 4.69) is 38.0 Å². The predicted molar refractivity (Wildman–Crippen MR) is 75.6 cm³/mol. The Bertz CT molecular complexity index is 278. The van der Waals surface area contributed by atoms with E-state index in [0.29, 0.717) is 12.0 Å². The van der Waals surface area contributed by atoms with Gasteiger partial charge in [0.1, 0.15) is 0 Å². The fourth-order valence-electron chi connectivity index (χ4n) is 3.33. The molecule has 0 aromatic carbocycles. The maximum absolute atomic E-state index is 9.90. The first-order valence-electron chi connectivity index (χ1n) is 7.54. The lowest BCUT2D eigenvalue weighted by molar-refractivity contribution is 0.0912. The Kier molecular flexibility index (Phi) is 4.35. The van der Waals surface area contributed by atoms with Gasteiger partial charge in [-0.1, -0.05) is 20.8 Å². The molecule has 0 saturated heterocycles. The molecule has 2 fully saturated rings. The molecular weight excluding hydrogens is 224 g/mol. The summed E-state index contributed by atoms with van der Waals surface area (Å²) in [5, 5.41) is 13.5. The summed E-state index contributed by atoms with van der Waals surface area (Å²) in [5.41, 5.74) is -0.0684. The van der Waals surface area contributed by atoms with Crippen molar-refractivity contribution >= 4 is 0 Å². The zero-order valence-electron chi connectivity index (χ0n) is 12.4. The fourth-order valence-corrected chi connectivity index (χ4v) is 3.33. The highest BCUT2D eigenvalue weighted by Gasteiger charge is 2.46. The Labute approximate surface area is 112 Å². The van der Waals surface area contributed by atoms with Crippen LogP contribution in [0.5, 0.6) is 0 Å². The molecule has 0 bridgehead atoms. The Morgan fingerprint density at radius 1 is 1.39 bits per heavy atom. The summed E-state index contributed by atoms with van der Waals surface area (Å²) in [4.78, 5) is 2.43. The van der Waals surface area contributed by atoms with Gasteiger partial charge in [-0.15, -0.1) is 0 Å². The van der Waals surface area contributed by atoms with E-state index in [1.165, 1.54) is 25.8 Å². The van der Waals surface area contributed by atoms with Crippen LogP contribution in [0.3, 0.4) is 0 Å². The summed E-state index contributed by atoms with van der Waals surface area (Å²) in [6, 6.07) is 0.436. The van der Waals surface area contributed by atoms with Crippen LogP contribution in [0.2, 0.25) is 0 Å². The lowest BCUT2D eigenvalue weighted by atomic mass is 9.92. The van der Waals surface area contributed by atoms with E-state index in [0.717, 1.165) is 18.4 Å². The van der Waals surface area contributed by atoms with Gasteiger partial charge < -0.3 is 15.3 Å². The molecule has 0 heterocycles. The Hall–Kier alpha value is -0.120. The summed E-state index contributed by atoms with van der Waals surface area (Å²) in [6.07, 6.45) is 3.93. The van der Waals surface area contributed by atoms with Crippen molar-refractivity contribution in [3.63, 3.8) is 0 Å². The van der Waals surface area contributed by atoms with E-state index in [1.54, 1.807) is 0 Å². The highest BCUT2D eigenvalue weighted by molar-refractivity contribution is 5.03. The first kappa shape index (κ1) is 14.3. The number of aliphatic hydroxyl groups excluding tert-OH is 1. The minimum atomic E-state index is -0.0684. The third-order valence-corrected chi connectivity index (χ3v) is 4.59. The van der Waals surface area contributed by atoms with Gasteiger partial charge in [-0.3, -0.25) is 0 Å². The third kappa shape index (κ3) is 3.46. The largest absolute Gasteiger partial charge is 0.394 e. The van der Waals surface area contributed by atoms with E-state index >= 15 is 0 Å². The van der Waals surface area contributed by atoms with Crippen molar-refractivity contribution in [2.75, 3.05) is 26.7 Å². The van der Waals surface area contributed by atoms with E-state index in [1.807, 2.05) is 0 Å². The number of hydrogen-bond acceptors (Lipinski definition) is 3. The van der Waals surface area contributed by atoms with E-state index < -0.39 is 0 Å². The molecule has 0 amide bonds. The quantitative estimate of drug-likeness (QED) is 0.692. The molecular formula is C15H30N2O. The van der Waals surface area contributed by atoms with Gasteiger partial charge in [0.25, 0.3) is 0 Å². The van der Waals surface area contributed by atoms with Crippen LogP contribution in [-0.2, 0) is 0 Å². The van der Waals surface area contributed by atoms with Gasteiger partial charge in [0.05, 0.1) is 12.1 Å². The molecule has 3 unspecified atom stereocenters. The van der Waals surface area contributed by atoms with Crippen molar-refractivity contribution < 1.29 is 5.11 Å². The number of hydrogen-bond donors (Lipinski definition) is 2. The van der Waals surface area contributed by atoms with Crippen LogP contribution in [-0.4, -0.2) is 48.3 Å². The molecule has 2 saturated carbocycles. The molecule has 18 heavy (non-hydrogen) atoms. The van der Waals surface area contributed by atoms with Gasteiger partial charge in [-0.05, 0) is 44.1 Å². The molecule has 2 aliphatic rings. The van der Waals surface area contributed by atoms with Crippen LogP contribution in [0.1, 0.15) is 40.0 Å². The van der Waals surface area contributed by atoms with Crippen LogP contribution >= 0.6 is 0 Å². The summed E-state index contributed by atoms with van der Waals surface area (Å²) in [6.45, 7) is 9.13. The van der Waals surface area contributed by atoms with Crippen LogP contribution in [0.25, 0.3) is 0 Å². The zero-order valence-corrected chi connectivity index (χ0v) is 12.4. The summed E-state index contributed by atoms with van der Waals surface area (Å²) in [5.74, 6) is 2.48. The van der Waals surface area contributed by atoms with Gasteiger partial charge in [0.2, 0.25) is 0 Å². The lowest BCUT2D eigenvalue weighted by Crippen LogP contribution is -2.59. The van der Waals surface area contributed by atoms with Gasteiger partial charge in [0.15, 0.2) is 0 Å². The Morgan fingerprint density at radius 2 is 2.00 bits per heavy atom. The third-order valence-electron chi connectivity index (χ3n) is 4.59. The van der Waals surface area contributed by atoms with Crippen LogP contribution in [0, 0.1) is 17.8 Å². The van der Waals surface area contributed by atoms with E-state index in [9.17, 15) is 5.11 Å². The molecule has 2 N–H and O–H groups in total. The summed E-state index contributed by atoms with van der Waals surface area (Å²) in [7, 11) is 2.21. The number of rotatable bonds is 8. The van der Waals surface area contributed by atoms with Crippen molar-refractivity contribution in [1.29, 1.82) is 0 Å². The Balaban J connectivity index is 1.90.